The van der Waals surface area contributed by atoms with Gasteiger partial charge >= 0.3 is 0 Å². The molecule has 2 N–H and O–H groups in total. The summed E-state index contributed by atoms with van der Waals surface area (Å²) in [7, 11) is 0. The van der Waals surface area contributed by atoms with Crippen LogP contribution in [0.5, 0.6) is 0 Å². The standard InChI is InChI=1S/C11H9F2N3O/c12-7-1-2-9(10(13)3-7)11(17)15-5-8-4-14-6-16-8/h1-4,6H,5H2,(H,14,16)(H,15,17). The topological polar surface area (TPSA) is 57.8 Å². The molecule has 0 spiro atoms. The minimum absolute atomic E-state index is 0.189. The minimum atomic E-state index is -0.882. The quantitative estimate of drug-likeness (QED) is 0.852. The number of amides is 1. The number of nitrogens with one attached hydrogen (secondary N) is 2. The molecule has 0 atom stereocenters. The van der Waals surface area contributed by atoms with Crippen molar-refractivity contribution in [2.24, 2.45) is 0 Å². The maximum absolute atomic E-state index is 13.2. The fourth-order valence-electron chi connectivity index (χ4n) is 1.33. The average molecular weight is 237 g/mol. The van der Waals surface area contributed by atoms with Crippen molar-refractivity contribution in [1.82, 2.24) is 15.3 Å². The number of hydrogen-bond donors (Lipinski definition) is 2. The third kappa shape index (κ3) is 2.66. The summed E-state index contributed by atoms with van der Waals surface area (Å²) in [4.78, 5) is 18.1. The van der Waals surface area contributed by atoms with Gasteiger partial charge in [-0.3, -0.25) is 4.79 Å². The molecule has 0 saturated carbocycles. The van der Waals surface area contributed by atoms with Crippen molar-refractivity contribution in [1.29, 1.82) is 0 Å². The highest BCUT2D eigenvalue weighted by Crippen LogP contribution is 2.09. The smallest absolute Gasteiger partial charge is 0.254 e. The first kappa shape index (κ1) is 11.3. The molecule has 2 rings (SSSR count). The lowest BCUT2D eigenvalue weighted by Gasteiger charge is -2.04. The number of aromatic nitrogens is 2. The Balaban J connectivity index is 2.04. The normalized spacial score (nSPS) is 10.2. The van der Waals surface area contributed by atoms with Crippen LogP contribution in [-0.2, 0) is 6.54 Å². The van der Waals surface area contributed by atoms with Crippen molar-refractivity contribution in [3.8, 4) is 0 Å². The van der Waals surface area contributed by atoms with Crippen molar-refractivity contribution in [3.63, 3.8) is 0 Å². The lowest BCUT2D eigenvalue weighted by Crippen LogP contribution is -2.24. The molecule has 0 bridgehead atoms. The summed E-state index contributed by atoms with van der Waals surface area (Å²) in [6.45, 7) is 0.204. The maximum atomic E-state index is 13.2. The van der Waals surface area contributed by atoms with E-state index in [4.69, 9.17) is 0 Å². The van der Waals surface area contributed by atoms with Crippen LogP contribution >= 0.6 is 0 Å². The first-order valence-corrected chi connectivity index (χ1v) is 4.87. The van der Waals surface area contributed by atoms with Crippen molar-refractivity contribution in [2.75, 3.05) is 0 Å². The van der Waals surface area contributed by atoms with Gasteiger partial charge in [0.15, 0.2) is 0 Å². The number of aromatic amines is 1. The van der Waals surface area contributed by atoms with Crippen LogP contribution in [0.1, 0.15) is 16.1 Å². The molecule has 88 valence electrons. The molecule has 1 aromatic carbocycles. The summed E-state index contributed by atoms with van der Waals surface area (Å²) in [5, 5.41) is 2.49. The summed E-state index contributed by atoms with van der Waals surface area (Å²) < 4.78 is 25.9. The molecule has 0 fully saturated rings. The molecule has 4 nitrogen and oxygen atoms in total. The van der Waals surface area contributed by atoms with Gasteiger partial charge in [0.1, 0.15) is 11.6 Å². The van der Waals surface area contributed by atoms with Gasteiger partial charge in [-0.25, -0.2) is 13.8 Å². The second-order valence-electron chi connectivity index (χ2n) is 3.38. The largest absolute Gasteiger partial charge is 0.347 e. The number of carbonyl (C=O) groups is 1. The zero-order chi connectivity index (χ0) is 12.3. The van der Waals surface area contributed by atoms with E-state index in [0.29, 0.717) is 11.8 Å². The molecule has 1 aromatic heterocycles. The van der Waals surface area contributed by atoms with Gasteiger partial charge in [-0.05, 0) is 12.1 Å². The molecule has 0 radical (unpaired) electrons. The zero-order valence-corrected chi connectivity index (χ0v) is 8.71. The Labute approximate surface area is 95.7 Å². The highest BCUT2D eigenvalue weighted by Gasteiger charge is 2.12. The highest BCUT2D eigenvalue weighted by atomic mass is 19.1. The minimum Gasteiger partial charge on any atom is -0.347 e. The predicted molar refractivity (Wildman–Crippen MR) is 56.1 cm³/mol. The fraction of sp³-hybridized carbons (Fsp3) is 0.0909. The Bertz CT molecular complexity index is 526. The molecule has 1 heterocycles. The van der Waals surface area contributed by atoms with E-state index in [1.807, 2.05) is 0 Å². The Morgan fingerprint density at radius 2 is 2.24 bits per heavy atom. The summed E-state index contributed by atoms with van der Waals surface area (Å²) in [5.74, 6) is -2.20. The number of nitrogens with zero attached hydrogens (tertiary/aromatic N) is 1. The van der Waals surface area contributed by atoms with E-state index < -0.39 is 17.5 Å². The molecule has 0 aliphatic heterocycles. The molecule has 1 amide bonds. The van der Waals surface area contributed by atoms with Crippen LogP contribution in [0.2, 0.25) is 0 Å². The van der Waals surface area contributed by atoms with Gasteiger partial charge < -0.3 is 10.3 Å². The monoisotopic (exact) mass is 237 g/mol. The van der Waals surface area contributed by atoms with E-state index in [9.17, 15) is 13.6 Å². The van der Waals surface area contributed by atoms with Crippen LogP contribution < -0.4 is 5.32 Å². The van der Waals surface area contributed by atoms with E-state index in [0.717, 1.165) is 12.1 Å². The van der Waals surface area contributed by atoms with Crippen LogP contribution in [0, 0.1) is 11.6 Å². The van der Waals surface area contributed by atoms with E-state index in [2.05, 4.69) is 15.3 Å². The second-order valence-corrected chi connectivity index (χ2v) is 3.38. The Kier molecular flexibility index (Phi) is 3.13. The number of imidazole rings is 1. The van der Waals surface area contributed by atoms with Crippen molar-refractivity contribution in [3.05, 3.63) is 53.6 Å². The van der Waals surface area contributed by atoms with Crippen molar-refractivity contribution in [2.45, 2.75) is 6.54 Å². The molecule has 0 saturated heterocycles. The molecular formula is C11H9F2N3O. The Morgan fingerprint density at radius 1 is 1.41 bits per heavy atom. The SMILES string of the molecule is O=C(NCc1cnc[nH]1)c1ccc(F)cc1F. The van der Waals surface area contributed by atoms with Gasteiger partial charge in [-0.15, -0.1) is 0 Å². The molecular weight excluding hydrogens is 228 g/mol. The third-order valence-corrected chi connectivity index (χ3v) is 2.17. The fourth-order valence-corrected chi connectivity index (χ4v) is 1.33. The van der Waals surface area contributed by atoms with E-state index in [1.54, 1.807) is 6.20 Å². The highest BCUT2D eigenvalue weighted by molar-refractivity contribution is 5.94. The van der Waals surface area contributed by atoms with Crippen LogP contribution in [0.3, 0.4) is 0 Å². The molecule has 0 aliphatic rings. The average Bonchev–Trinajstić information content (AvgIpc) is 2.78. The van der Waals surface area contributed by atoms with Crippen LogP contribution in [0.25, 0.3) is 0 Å². The predicted octanol–water partition coefficient (Wildman–Crippen LogP) is 1.62. The summed E-state index contributed by atoms with van der Waals surface area (Å²) >= 11 is 0. The first-order valence-electron chi connectivity index (χ1n) is 4.87. The Hall–Kier alpha value is -2.24. The molecule has 2 aromatic rings. The summed E-state index contributed by atoms with van der Waals surface area (Å²) in [5.41, 5.74) is 0.506. The van der Waals surface area contributed by atoms with Gasteiger partial charge in [-0.2, -0.15) is 0 Å². The van der Waals surface area contributed by atoms with Crippen LogP contribution in [0.4, 0.5) is 8.78 Å². The number of halogens is 2. The van der Waals surface area contributed by atoms with Gasteiger partial charge in [0.2, 0.25) is 0 Å². The zero-order valence-electron chi connectivity index (χ0n) is 8.71. The number of H-pyrrole nitrogens is 1. The number of benzene rings is 1. The lowest BCUT2D eigenvalue weighted by molar-refractivity contribution is 0.0946. The van der Waals surface area contributed by atoms with Crippen LogP contribution in [-0.4, -0.2) is 15.9 Å². The molecule has 6 heteroatoms. The lowest BCUT2D eigenvalue weighted by atomic mass is 10.2. The van der Waals surface area contributed by atoms with Crippen molar-refractivity contribution < 1.29 is 13.6 Å². The third-order valence-electron chi connectivity index (χ3n) is 2.17. The maximum Gasteiger partial charge on any atom is 0.254 e. The summed E-state index contributed by atoms with van der Waals surface area (Å²) in [6.07, 6.45) is 3.02. The van der Waals surface area contributed by atoms with Gasteiger partial charge in [-0.1, -0.05) is 0 Å². The molecule has 0 unspecified atom stereocenters. The van der Waals surface area contributed by atoms with Gasteiger partial charge in [0, 0.05) is 12.3 Å². The van der Waals surface area contributed by atoms with Crippen molar-refractivity contribution >= 4 is 5.91 Å². The number of hydrogen-bond acceptors (Lipinski definition) is 2. The first-order chi connectivity index (χ1) is 8.16. The molecule has 0 aliphatic carbocycles. The van der Waals surface area contributed by atoms with E-state index in [1.165, 1.54) is 6.33 Å². The van der Waals surface area contributed by atoms with E-state index in [-0.39, 0.29) is 12.1 Å². The number of rotatable bonds is 3. The Morgan fingerprint density at radius 3 is 2.88 bits per heavy atom. The van der Waals surface area contributed by atoms with E-state index >= 15 is 0 Å². The second kappa shape index (κ2) is 4.73. The number of carbonyl (C=O) groups excluding carboxylic acids is 1. The molecule has 17 heavy (non-hydrogen) atoms. The van der Waals surface area contributed by atoms with Gasteiger partial charge in [0.25, 0.3) is 5.91 Å². The van der Waals surface area contributed by atoms with Gasteiger partial charge in [0.05, 0.1) is 24.1 Å². The van der Waals surface area contributed by atoms with Crippen LogP contribution in [0.15, 0.2) is 30.7 Å². The summed E-state index contributed by atoms with van der Waals surface area (Å²) in [6, 6.07) is 2.81.